The number of methoxy groups -OCH3 is 1. The Kier molecular flexibility index (Phi) is 4.18. The van der Waals surface area contributed by atoms with Crippen LogP contribution in [-0.2, 0) is 21.7 Å². The van der Waals surface area contributed by atoms with Crippen molar-refractivity contribution in [3.8, 4) is 17.2 Å². The Morgan fingerprint density at radius 1 is 1.28 bits per heavy atom. The van der Waals surface area contributed by atoms with E-state index in [1.54, 1.807) is 13.2 Å². The second kappa shape index (κ2) is 6.64. The monoisotopic (exact) mass is 397 g/mol. The van der Waals surface area contributed by atoms with Gasteiger partial charge in [-0.15, -0.1) is 0 Å². The first-order valence-electron chi connectivity index (χ1n) is 9.77. The molecule has 3 heterocycles. The molecule has 0 amide bonds. The molecule has 0 bridgehead atoms. The van der Waals surface area contributed by atoms with E-state index in [0.717, 1.165) is 29.7 Å². The van der Waals surface area contributed by atoms with Crippen molar-refractivity contribution in [2.24, 2.45) is 0 Å². The van der Waals surface area contributed by atoms with Gasteiger partial charge in [-0.2, -0.15) is 0 Å². The number of ether oxygens (including phenoxy) is 5. The zero-order chi connectivity index (χ0) is 20.2. The summed E-state index contributed by atoms with van der Waals surface area (Å²) in [6.45, 7) is 3.21. The summed E-state index contributed by atoms with van der Waals surface area (Å²) in [4.78, 5) is 14.9. The summed E-state index contributed by atoms with van der Waals surface area (Å²) in [6.07, 6.45) is 0.813. The summed E-state index contributed by atoms with van der Waals surface area (Å²) >= 11 is 0. The van der Waals surface area contributed by atoms with Gasteiger partial charge in [0.05, 0.1) is 12.7 Å². The fourth-order valence-electron chi connectivity index (χ4n) is 4.73. The minimum absolute atomic E-state index is 0.156. The van der Waals surface area contributed by atoms with Crippen LogP contribution in [0.1, 0.15) is 40.0 Å². The van der Waals surface area contributed by atoms with Crippen LogP contribution in [0.15, 0.2) is 30.3 Å². The number of likely N-dealkylation sites (N-methyl/N-ethyl adjacent to an activating group) is 1. The number of rotatable bonds is 4. The third kappa shape index (κ3) is 2.47. The number of benzene rings is 2. The number of hydrogen-bond donors (Lipinski definition) is 0. The number of carbonyl (C=O) groups excluding carboxylic acids is 1. The minimum atomic E-state index is -1.27. The van der Waals surface area contributed by atoms with Crippen molar-refractivity contribution in [2.45, 2.75) is 25.2 Å². The maximum atomic E-state index is 12.8. The summed E-state index contributed by atoms with van der Waals surface area (Å²) < 4.78 is 29.4. The second-order valence-electron chi connectivity index (χ2n) is 7.39. The zero-order valence-corrected chi connectivity index (χ0v) is 16.7. The van der Waals surface area contributed by atoms with E-state index in [9.17, 15) is 4.79 Å². The zero-order valence-electron chi connectivity index (χ0n) is 16.7. The Morgan fingerprint density at radius 3 is 2.90 bits per heavy atom. The fourth-order valence-corrected chi connectivity index (χ4v) is 4.73. The SMILES string of the molecule is CCOC1(C2c3c(cc4c(c3OC)OCO4)CCN2C)OC(=O)c2ccccc21. The Labute approximate surface area is 169 Å². The summed E-state index contributed by atoms with van der Waals surface area (Å²) in [7, 11) is 3.62. The van der Waals surface area contributed by atoms with E-state index < -0.39 is 11.8 Å². The third-order valence-corrected chi connectivity index (χ3v) is 5.88. The molecule has 29 heavy (non-hydrogen) atoms. The Morgan fingerprint density at radius 2 is 2.10 bits per heavy atom. The summed E-state index contributed by atoms with van der Waals surface area (Å²) in [5.41, 5.74) is 3.25. The highest BCUT2D eigenvalue weighted by atomic mass is 16.7. The first kappa shape index (κ1) is 18.3. The van der Waals surface area contributed by atoms with Crippen LogP contribution in [0.2, 0.25) is 0 Å². The van der Waals surface area contributed by atoms with E-state index in [-0.39, 0.29) is 12.8 Å². The molecule has 2 aromatic carbocycles. The van der Waals surface area contributed by atoms with Crippen LogP contribution in [0.4, 0.5) is 0 Å². The van der Waals surface area contributed by atoms with Gasteiger partial charge < -0.3 is 23.7 Å². The normalized spacial score (nSPS) is 24.8. The van der Waals surface area contributed by atoms with Crippen molar-refractivity contribution >= 4 is 5.97 Å². The average Bonchev–Trinajstić information content (AvgIpc) is 3.30. The van der Waals surface area contributed by atoms with E-state index in [1.165, 1.54) is 0 Å². The van der Waals surface area contributed by atoms with Gasteiger partial charge >= 0.3 is 5.97 Å². The number of carbonyl (C=O) groups is 1. The molecule has 0 spiro atoms. The standard InChI is InChI=1S/C22H23NO6/c1-4-28-22(15-8-6-5-7-14(15)21(24)29-22)20-17-13(9-10-23(20)2)11-16-18(19(17)25-3)27-12-26-16/h5-8,11,20H,4,9-10,12H2,1-3H3. The maximum absolute atomic E-state index is 12.8. The number of hydrogen-bond acceptors (Lipinski definition) is 7. The lowest BCUT2D eigenvalue weighted by Crippen LogP contribution is -2.48. The highest BCUT2D eigenvalue weighted by Crippen LogP contribution is 2.56. The number of fused-ring (bicyclic) bond motifs is 3. The highest BCUT2D eigenvalue weighted by molar-refractivity contribution is 5.94. The predicted octanol–water partition coefficient (Wildman–Crippen LogP) is 3.01. The largest absolute Gasteiger partial charge is 0.492 e. The van der Waals surface area contributed by atoms with Crippen LogP contribution in [0.5, 0.6) is 17.2 Å². The molecule has 7 heteroatoms. The molecule has 3 aliphatic heterocycles. The van der Waals surface area contributed by atoms with Crippen LogP contribution in [0, 0.1) is 0 Å². The molecule has 2 atom stereocenters. The van der Waals surface area contributed by atoms with Crippen molar-refractivity contribution in [1.82, 2.24) is 4.90 Å². The number of nitrogens with zero attached hydrogens (tertiary/aromatic N) is 1. The molecule has 0 aromatic heterocycles. The molecule has 0 aliphatic carbocycles. The maximum Gasteiger partial charge on any atom is 0.341 e. The van der Waals surface area contributed by atoms with Gasteiger partial charge in [0.2, 0.25) is 12.5 Å². The molecular formula is C22H23NO6. The van der Waals surface area contributed by atoms with Gasteiger partial charge in [-0.1, -0.05) is 18.2 Å². The molecule has 0 saturated heterocycles. The molecule has 152 valence electrons. The van der Waals surface area contributed by atoms with Crippen LogP contribution in [-0.4, -0.2) is 45.0 Å². The van der Waals surface area contributed by atoms with Crippen molar-refractivity contribution in [3.63, 3.8) is 0 Å². The van der Waals surface area contributed by atoms with Crippen molar-refractivity contribution in [2.75, 3.05) is 34.1 Å². The van der Waals surface area contributed by atoms with Crippen LogP contribution in [0.25, 0.3) is 0 Å². The molecule has 2 unspecified atom stereocenters. The minimum Gasteiger partial charge on any atom is -0.492 e. The van der Waals surface area contributed by atoms with E-state index in [4.69, 9.17) is 23.7 Å². The van der Waals surface area contributed by atoms with Crippen molar-refractivity contribution < 1.29 is 28.5 Å². The molecule has 7 nitrogen and oxygen atoms in total. The molecule has 0 fully saturated rings. The van der Waals surface area contributed by atoms with E-state index in [1.807, 2.05) is 38.2 Å². The number of esters is 1. The van der Waals surface area contributed by atoms with Gasteiger partial charge in [-0.25, -0.2) is 4.79 Å². The predicted molar refractivity (Wildman–Crippen MR) is 103 cm³/mol. The molecule has 2 aromatic rings. The van der Waals surface area contributed by atoms with Gasteiger partial charge in [-0.3, -0.25) is 4.90 Å². The van der Waals surface area contributed by atoms with Crippen molar-refractivity contribution in [1.29, 1.82) is 0 Å². The van der Waals surface area contributed by atoms with E-state index >= 15 is 0 Å². The molecule has 0 radical (unpaired) electrons. The summed E-state index contributed by atoms with van der Waals surface area (Å²) in [5.74, 6) is 0.210. The van der Waals surface area contributed by atoms with Crippen LogP contribution in [0.3, 0.4) is 0 Å². The van der Waals surface area contributed by atoms with Gasteiger partial charge in [0.15, 0.2) is 11.5 Å². The Bertz CT molecular complexity index is 990. The van der Waals surface area contributed by atoms with E-state index in [2.05, 4.69) is 4.90 Å². The van der Waals surface area contributed by atoms with Crippen LogP contribution >= 0.6 is 0 Å². The first-order chi connectivity index (χ1) is 14.1. The lowest BCUT2D eigenvalue weighted by Gasteiger charge is -2.44. The first-order valence-corrected chi connectivity index (χ1v) is 9.77. The Balaban J connectivity index is 1.77. The van der Waals surface area contributed by atoms with Crippen LogP contribution < -0.4 is 14.2 Å². The van der Waals surface area contributed by atoms with Gasteiger partial charge in [0.1, 0.15) is 6.04 Å². The number of cyclic esters (lactones) is 1. The lowest BCUT2D eigenvalue weighted by atomic mass is 9.83. The lowest BCUT2D eigenvalue weighted by molar-refractivity contribution is -0.242. The third-order valence-electron chi connectivity index (χ3n) is 5.88. The molecule has 5 rings (SSSR count). The fraction of sp³-hybridized carbons (Fsp3) is 0.409. The van der Waals surface area contributed by atoms with Crippen molar-refractivity contribution in [3.05, 3.63) is 52.6 Å². The van der Waals surface area contributed by atoms with Gasteiger partial charge in [0.25, 0.3) is 5.79 Å². The molecular weight excluding hydrogens is 374 g/mol. The Hall–Kier alpha value is -2.77. The quantitative estimate of drug-likeness (QED) is 0.735. The van der Waals surface area contributed by atoms with E-state index in [0.29, 0.717) is 29.4 Å². The summed E-state index contributed by atoms with van der Waals surface area (Å²) in [6, 6.07) is 9.01. The average molecular weight is 397 g/mol. The smallest absolute Gasteiger partial charge is 0.341 e. The van der Waals surface area contributed by atoms with Gasteiger partial charge in [-0.05, 0) is 38.1 Å². The molecule has 3 aliphatic rings. The molecule has 0 saturated carbocycles. The highest BCUT2D eigenvalue weighted by Gasteiger charge is 2.57. The second-order valence-corrected chi connectivity index (χ2v) is 7.39. The van der Waals surface area contributed by atoms with Gasteiger partial charge in [0, 0.05) is 24.3 Å². The molecule has 0 N–H and O–H groups in total. The summed E-state index contributed by atoms with van der Waals surface area (Å²) in [5, 5.41) is 0. The topological polar surface area (TPSA) is 66.5 Å².